The number of hydrogen-bond acceptors (Lipinski definition) is 5. The number of fused-ring (bicyclic) bond motifs is 1. The normalized spacial score (nSPS) is 21.6. The van der Waals surface area contributed by atoms with Crippen LogP contribution in [0.1, 0.15) is 22.6 Å². The van der Waals surface area contributed by atoms with Gasteiger partial charge in [0.2, 0.25) is 0 Å². The number of aryl methyl sites for hydroxylation is 1. The summed E-state index contributed by atoms with van der Waals surface area (Å²) in [4.78, 5) is 21.9. The molecule has 0 spiro atoms. The molecule has 3 aromatic rings. The molecule has 1 atom stereocenters. The molecule has 7 nitrogen and oxygen atoms in total. The van der Waals surface area contributed by atoms with Crippen molar-refractivity contribution in [1.29, 1.82) is 0 Å². The van der Waals surface area contributed by atoms with Crippen molar-refractivity contribution in [2.24, 2.45) is 0 Å². The van der Waals surface area contributed by atoms with Gasteiger partial charge in [-0.15, -0.1) is 0 Å². The van der Waals surface area contributed by atoms with E-state index in [1.54, 1.807) is 0 Å². The number of sulfone groups is 1. The molecule has 2 saturated heterocycles. The number of para-hydroxylation sites is 1. The maximum atomic E-state index is 13.1. The van der Waals surface area contributed by atoms with Crippen LogP contribution in [0.15, 0.2) is 48.5 Å². The summed E-state index contributed by atoms with van der Waals surface area (Å²) in [5, 5.41) is 0. The Morgan fingerprint density at radius 1 is 1.03 bits per heavy atom. The largest absolute Gasteiger partial charge is 0.336 e. The Kier molecular flexibility index (Phi) is 5.06. The number of piperazine rings is 1. The lowest BCUT2D eigenvalue weighted by Gasteiger charge is -2.37. The number of benzene rings is 2. The molecule has 162 valence electrons. The van der Waals surface area contributed by atoms with E-state index in [-0.39, 0.29) is 23.5 Å². The van der Waals surface area contributed by atoms with Gasteiger partial charge >= 0.3 is 0 Å². The van der Waals surface area contributed by atoms with Crippen LogP contribution in [0.3, 0.4) is 0 Å². The monoisotopic (exact) mass is 438 g/mol. The lowest BCUT2D eigenvalue weighted by molar-refractivity contribution is 0.0588. The number of carbonyl (C=O) groups is 1. The van der Waals surface area contributed by atoms with Gasteiger partial charge in [-0.25, -0.2) is 13.4 Å². The van der Waals surface area contributed by atoms with Gasteiger partial charge in [-0.05, 0) is 43.7 Å². The summed E-state index contributed by atoms with van der Waals surface area (Å²) < 4.78 is 25.6. The third-order valence-electron chi connectivity index (χ3n) is 6.41. The minimum atomic E-state index is -2.89. The Morgan fingerprint density at radius 2 is 1.77 bits per heavy atom. The van der Waals surface area contributed by atoms with Gasteiger partial charge in [-0.2, -0.15) is 0 Å². The molecule has 2 fully saturated rings. The zero-order chi connectivity index (χ0) is 21.6. The van der Waals surface area contributed by atoms with Gasteiger partial charge in [-0.1, -0.05) is 18.2 Å². The molecule has 2 aliphatic rings. The molecular weight excluding hydrogens is 412 g/mol. The van der Waals surface area contributed by atoms with E-state index in [1.165, 1.54) is 0 Å². The van der Waals surface area contributed by atoms with E-state index in [0.29, 0.717) is 25.1 Å². The first kappa shape index (κ1) is 20.2. The van der Waals surface area contributed by atoms with Crippen LogP contribution in [0, 0.1) is 6.92 Å². The Labute approximate surface area is 182 Å². The predicted octanol–water partition coefficient (Wildman–Crippen LogP) is 2.28. The van der Waals surface area contributed by atoms with E-state index in [4.69, 9.17) is 0 Å². The molecule has 0 aliphatic carbocycles. The lowest BCUT2D eigenvalue weighted by Crippen LogP contribution is -2.52. The van der Waals surface area contributed by atoms with Crippen molar-refractivity contribution in [2.45, 2.75) is 19.4 Å². The Balaban J connectivity index is 1.32. The summed E-state index contributed by atoms with van der Waals surface area (Å²) in [5.74, 6) is 1.42. The number of rotatable bonds is 3. The Bertz CT molecular complexity index is 1230. The highest BCUT2D eigenvalue weighted by Crippen LogP contribution is 2.24. The molecule has 2 aliphatic heterocycles. The maximum absolute atomic E-state index is 13.1. The van der Waals surface area contributed by atoms with Crippen molar-refractivity contribution in [1.82, 2.24) is 19.4 Å². The van der Waals surface area contributed by atoms with Crippen LogP contribution in [-0.4, -0.2) is 77.4 Å². The van der Waals surface area contributed by atoms with Gasteiger partial charge in [0.15, 0.2) is 9.84 Å². The fraction of sp³-hybridized carbons (Fsp3) is 0.391. The van der Waals surface area contributed by atoms with Crippen molar-refractivity contribution in [3.8, 4) is 5.69 Å². The van der Waals surface area contributed by atoms with Crippen molar-refractivity contribution >= 4 is 26.8 Å². The van der Waals surface area contributed by atoms with E-state index in [9.17, 15) is 13.2 Å². The second kappa shape index (κ2) is 7.76. The van der Waals surface area contributed by atoms with Crippen LogP contribution in [0.4, 0.5) is 0 Å². The second-order valence-electron chi connectivity index (χ2n) is 8.42. The van der Waals surface area contributed by atoms with Crippen molar-refractivity contribution in [2.75, 3.05) is 37.7 Å². The third kappa shape index (κ3) is 3.85. The number of imidazole rings is 1. The maximum Gasteiger partial charge on any atom is 0.254 e. The van der Waals surface area contributed by atoms with Crippen LogP contribution in [0.25, 0.3) is 16.7 Å². The molecule has 1 amide bonds. The average Bonchev–Trinajstić information content (AvgIpc) is 3.31. The summed E-state index contributed by atoms with van der Waals surface area (Å²) in [5.41, 5.74) is 3.48. The Hall–Kier alpha value is -2.71. The third-order valence-corrected chi connectivity index (χ3v) is 8.16. The summed E-state index contributed by atoms with van der Waals surface area (Å²) in [6.45, 7) is 4.64. The van der Waals surface area contributed by atoms with Crippen LogP contribution >= 0.6 is 0 Å². The standard InChI is InChI=1S/C23H26N4O3S/c1-17-24-21-15-18(7-8-22(21)27(17)19-5-3-2-4-6-19)23(28)26-12-10-25(11-13-26)20-9-14-31(29,30)16-20/h2-8,15,20H,9-14,16H2,1H3/t20-/m1/s1. The molecule has 0 radical (unpaired) electrons. The van der Waals surface area contributed by atoms with E-state index >= 15 is 0 Å². The van der Waals surface area contributed by atoms with Crippen LogP contribution in [0.5, 0.6) is 0 Å². The van der Waals surface area contributed by atoms with Crippen LogP contribution < -0.4 is 0 Å². The minimum absolute atomic E-state index is 0.00695. The molecule has 5 rings (SSSR count). The van der Waals surface area contributed by atoms with E-state index in [1.807, 2.05) is 60.4 Å². The fourth-order valence-electron chi connectivity index (χ4n) is 4.77. The number of aromatic nitrogens is 2. The summed E-state index contributed by atoms with van der Waals surface area (Å²) in [6.07, 6.45) is 0.705. The first-order chi connectivity index (χ1) is 14.9. The molecule has 0 saturated carbocycles. The molecular formula is C23H26N4O3S. The van der Waals surface area contributed by atoms with Crippen LogP contribution in [-0.2, 0) is 9.84 Å². The summed E-state index contributed by atoms with van der Waals surface area (Å²) in [7, 11) is -2.89. The lowest BCUT2D eigenvalue weighted by atomic mass is 10.1. The highest BCUT2D eigenvalue weighted by molar-refractivity contribution is 7.91. The minimum Gasteiger partial charge on any atom is -0.336 e. The average molecular weight is 439 g/mol. The molecule has 8 heteroatoms. The zero-order valence-corrected chi connectivity index (χ0v) is 18.4. The number of nitrogens with zero attached hydrogens (tertiary/aromatic N) is 4. The molecule has 2 aromatic carbocycles. The molecule has 31 heavy (non-hydrogen) atoms. The molecule has 3 heterocycles. The number of hydrogen-bond donors (Lipinski definition) is 0. The molecule has 1 aromatic heterocycles. The number of amides is 1. The summed E-state index contributed by atoms with van der Waals surface area (Å²) in [6, 6.07) is 15.9. The first-order valence-corrected chi connectivity index (χ1v) is 12.5. The van der Waals surface area contributed by atoms with Gasteiger partial charge in [0.05, 0.1) is 22.5 Å². The molecule has 0 unspecified atom stereocenters. The Morgan fingerprint density at radius 3 is 2.45 bits per heavy atom. The first-order valence-electron chi connectivity index (χ1n) is 10.7. The van der Waals surface area contributed by atoms with Gasteiger partial charge in [0, 0.05) is 43.5 Å². The van der Waals surface area contributed by atoms with Gasteiger partial charge < -0.3 is 4.90 Å². The van der Waals surface area contributed by atoms with Gasteiger partial charge in [0.25, 0.3) is 5.91 Å². The number of carbonyl (C=O) groups excluding carboxylic acids is 1. The van der Waals surface area contributed by atoms with Gasteiger partial charge in [0.1, 0.15) is 5.82 Å². The highest BCUT2D eigenvalue weighted by atomic mass is 32.2. The van der Waals surface area contributed by atoms with Crippen molar-refractivity contribution < 1.29 is 13.2 Å². The second-order valence-corrected chi connectivity index (χ2v) is 10.6. The van der Waals surface area contributed by atoms with Gasteiger partial charge in [-0.3, -0.25) is 14.3 Å². The molecule has 0 bridgehead atoms. The van der Waals surface area contributed by atoms with Crippen molar-refractivity contribution in [3.63, 3.8) is 0 Å². The van der Waals surface area contributed by atoms with Crippen molar-refractivity contribution in [3.05, 3.63) is 59.9 Å². The smallest absolute Gasteiger partial charge is 0.254 e. The van der Waals surface area contributed by atoms with E-state index in [0.717, 1.165) is 35.6 Å². The van der Waals surface area contributed by atoms with E-state index in [2.05, 4.69) is 14.5 Å². The SMILES string of the molecule is Cc1nc2cc(C(=O)N3CCN([C@@H]4CCS(=O)(=O)C4)CC3)ccc2n1-c1ccccc1. The predicted molar refractivity (Wildman–Crippen MR) is 120 cm³/mol. The molecule has 0 N–H and O–H groups in total. The summed E-state index contributed by atoms with van der Waals surface area (Å²) >= 11 is 0. The zero-order valence-electron chi connectivity index (χ0n) is 17.6. The van der Waals surface area contributed by atoms with Crippen LogP contribution in [0.2, 0.25) is 0 Å². The fourth-order valence-corrected chi connectivity index (χ4v) is 6.53. The topological polar surface area (TPSA) is 75.5 Å². The highest BCUT2D eigenvalue weighted by Gasteiger charge is 2.34. The van der Waals surface area contributed by atoms with E-state index < -0.39 is 9.84 Å². The quantitative estimate of drug-likeness (QED) is 0.627.